The van der Waals surface area contributed by atoms with E-state index in [1.54, 1.807) is 0 Å². The van der Waals surface area contributed by atoms with Crippen molar-refractivity contribution in [1.29, 1.82) is 0 Å². The van der Waals surface area contributed by atoms with Crippen LogP contribution in [-0.2, 0) is 0 Å². The molecule has 0 amide bonds. The van der Waals surface area contributed by atoms with Crippen molar-refractivity contribution in [3.8, 4) is 0 Å². The maximum Gasteiger partial charge on any atom is 0.0366 e. The van der Waals surface area contributed by atoms with Crippen LogP contribution in [0.25, 0.3) is 0 Å². The van der Waals surface area contributed by atoms with Crippen molar-refractivity contribution in [3.63, 3.8) is 0 Å². The van der Waals surface area contributed by atoms with E-state index in [1.807, 2.05) is 7.05 Å². The second-order valence-electron chi connectivity index (χ2n) is 4.32. The van der Waals surface area contributed by atoms with Crippen LogP contribution in [0.3, 0.4) is 0 Å². The van der Waals surface area contributed by atoms with E-state index in [0.29, 0.717) is 0 Å². The fourth-order valence-electron chi connectivity index (χ4n) is 2.32. The van der Waals surface area contributed by atoms with E-state index >= 15 is 0 Å². The molecule has 0 aliphatic carbocycles. The molecule has 0 radical (unpaired) electrons. The van der Waals surface area contributed by atoms with Crippen molar-refractivity contribution in [2.24, 2.45) is 5.92 Å². The van der Waals surface area contributed by atoms with Gasteiger partial charge in [0.05, 0.1) is 0 Å². The van der Waals surface area contributed by atoms with Crippen molar-refractivity contribution >= 4 is 30.5 Å². The predicted molar refractivity (Wildman–Crippen MR) is 79.8 cm³/mol. The maximum atomic E-state index is 3.27. The third kappa shape index (κ3) is 4.74. The van der Waals surface area contributed by atoms with Crippen LogP contribution in [0.5, 0.6) is 0 Å². The number of piperidine rings is 1. The van der Waals surface area contributed by atoms with Gasteiger partial charge in [0.15, 0.2) is 0 Å². The molecule has 0 aromatic heterocycles. The summed E-state index contributed by atoms with van der Waals surface area (Å²) in [5, 5.41) is 3.27. The molecule has 0 spiro atoms. The van der Waals surface area contributed by atoms with Gasteiger partial charge >= 0.3 is 0 Å². The van der Waals surface area contributed by atoms with Gasteiger partial charge in [0, 0.05) is 18.8 Å². The number of rotatable bonds is 3. The molecule has 1 aromatic rings. The minimum atomic E-state index is 0. The van der Waals surface area contributed by atoms with Gasteiger partial charge in [-0.3, -0.25) is 0 Å². The Morgan fingerprint density at radius 2 is 1.71 bits per heavy atom. The van der Waals surface area contributed by atoms with Crippen LogP contribution < -0.4 is 10.2 Å². The highest BCUT2D eigenvalue weighted by Crippen LogP contribution is 2.22. The molecule has 0 unspecified atom stereocenters. The Hall–Kier alpha value is -0.440. The van der Waals surface area contributed by atoms with Gasteiger partial charge in [-0.15, -0.1) is 24.8 Å². The third-order valence-corrected chi connectivity index (χ3v) is 3.23. The number of benzene rings is 1. The summed E-state index contributed by atoms with van der Waals surface area (Å²) in [4.78, 5) is 2.49. The zero-order valence-electron chi connectivity index (χ0n) is 10.3. The monoisotopic (exact) mass is 276 g/mol. The van der Waals surface area contributed by atoms with E-state index in [2.05, 4.69) is 40.5 Å². The van der Waals surface area contributed by atoms with Gasteiger partial charge in [-0.2, -0.15) is 0 Å². The van der Waals surface area contributed by atoms with Crippen LogP contribution in [0.2, 0.25) is 0 Å². The van der Waals surface area contributed by atoms with Crippen LogP contribution in [0.1, 0.15) is 12.8 Å². The smallest absolute Gasteiger partial charge is 0.0366 e. The van der Waals surface area contributed by atoms with Crippen molar-refractivity contribution in [2.45, 2.75) is 12.8 Å². The largest absolute Gasteiger partial charge is 0.372 e. The number of nitrogens with one attached hydrogen (secondary N) is 1. The molecule has 1 N–H and O–H groups in total. The first-order chi connectivity index (χ1) is 7.40. The number of para-hydroxylation sites is 1. The fraction of sp³-hybridized carbons (Fsp3) is 0.538. The predicted octanol–water partition coefficient (Wildman–Crippen LogP) is 2.97. The molecule has 0 bridgehead atoms. The van der Waals surface area contributed by atoms with Gasteiger partial charge in [0.2, 0.25) is 0 Å². The highest BCUT2D eigenvalue weighted by atomic mass is 35.5. The Bertz CT molecular complexity index is 285. The SMILES string of the molecule is CNCC1CCN(c2ccccc2)CC1.Cl.Cl. The molecule has 4 heteroatoms. The van der Waals surface area contributed by atoms with Gasteiger partial charge in [-0.1, -0.05) is 18.2 Å². The summed E-state index contributed by atoms with van der Waals surface area (Å²) in [7, 11) is 2.05. The van der Waals surface area contributed by atoms with E-state index in [1.165, 1.54) is 38.2 Å². The molecule has 1 aliphatic rings. The van der Waals surface area contributed by atoms with Crippen LogP contribution in [-0.4, -0.2) is 26.7 Å². The number of hydrogen-bond donors (Lipinski definition) is 1. The van der Waals surface area contributed by atoms with E-state index in [4.69, 9.17) is 0 Å². The molecule has 2 rings (SSSR count). The zero-order valence-corrected chi connectivity index (χ0v) is 11.9. The van der Waals surface area contributed by atoms with Gasteiger partial charge in [-0.25, -0.2) is 0 Å². The van der Waals surface area contributed by atoms with Crippen LogP contribution in [0.15, 0.2) is 30.3 Å². The molecule has 1 aromatic carbocycles. The second kappa shape index (κ2) is 8.62. The Balaban J connectivity index is 0.00000128. The molecule has 17 heavy (non-hydrogen) atoms. The van der Waals surface area contributed by atoms with Crippen LogP contribution >= 0.6 is 24.8 Å². The molecule has 98 valence electrons. The summed E-state index contributed by atoms with van der Waals surface area (Å²) >= 11 is 0. The van der Waals surface area contributed by atoms with Gasteiger partial charge < -0.3 is 10.2 Å². The third-order valence-electron chi connectivity index (χ3n) is 3.23. The van der Waals surface area contributed by atoms with Gasteiger partial charge in [0.25, 0.3) is 0 Å². The molecule has 1 saturated heterocycles. The van der Waals surface area contributed by atoms with E-state index in [0.717, 1.165) is 5.92 Å². The highest BCUT2D eigenvalue weighted by Gasteiger charge is 2.18. The maximum absolute atomic E-state index is 3.27. The van der Waals surface area contributed by atoms with Crippen molar-refractivity contribution in [3.05, 3.63) is 30.3 Å². The Kier molecular flexibility index (Phi) is 8.40. The minimum absolute atomic E-state index is 0. The van der Waals surface area contributed by atoms with Crippen molar-refractivity contribution in [1.82, 2.24) is 5.32 Å². The lowest BCUT2D eigenvalue weighted by Gasteiger charge is -2.33. The van der Waals surface area contributed by atoms with Gasteiger partial charge in [0.1, 0.15) is 0 Å². The number of nitrogens with zero attached hydrogens (tertiary/aromatic N) is 1. The summed E-state index contributed by atoms with van der Waals surface area (Å²) in [6.45, 7) is 3.58. The lowest BCUT2D eigenvalue weighted by molar-refractivity contribution is 0.393. The number of anilines is 1. The highest BCUT2D eigenvalue weighted by molar-refractivity contribution is 5.85. The van der Waals surface area contributed by atoms with Crippen molar-refractivity contribution in [2.75, 3.05) is 31.6 Å². The Morgan fingerprint density at radius 1 is 1.12 bits per heavy atom. The summed E-state index contributed by atoms with van der Waals surface area (Å²) in [6, 6.07) is 10.7. The zero-order chi connectivity index (χ0) is 10.5. The summed E-state index contributed by atoms with van der Waals surface area (Å²) in [6.07, 6.45) is 2.63. The molecular formula is C13H22Cl2N2. The lowest BCUT2D eigenvalue weighted by Crippen LogP contribution is -2.36. The summed E-state index contributed by atoms with van der Waals surface area (Å²) in [5.41, 5.74) is 1.38. The summed E-state index contributed by atoms with van der Waals surface area (Å²) in [5.74, 6) is 0.870. The Morgan fingerprint density at radius 3 is 2.24 bits per heavy atom. The number of halogens is 2. The fourth-order valence-corrected chi connectivity index (χ4v) is 2.32. The van der Waals surface area contributed by atoms with Crippen LogP contribution in [0.4, 0.5) is 5.69 Å². The molecule has 0 saturated carbocycles. The van der Waals surface area contributed by atoms with E-state index < -0.39 is 0 Å². The minimum Gasteiger partial charge on any atom is -0.372 e. The van der Waals surface area contributed by atoms with Crippen LogP contribution in [0, 0.1) is 5.92 Å². The van der Waals surface area contributed by atoms with E-state index in [-0.39, 0.29) is 24.8 Å². The standard InChI is InChI=1S/C13H20N2.2ClH/c1-14-11-12-7-9-15(10-8-12)13-5-3-2-4-6-13;;/h2-6,12,14H,7-11H2,1H3;2*1H. The summed E-state index contributed by atoms with van der Waals surface area (Å²) < 4.78 is 0. The first kappa shape index (κ1) is 16.6. The number of hydrogen-bond acceptors (Lipinski definition) is 2. The molecule has 1 aliphatic heterocycles. The Labute approximate surface area is 117 Å². The van der Waals surface area contributed by atoms with Crippen molar-refractivity contribution < 1.29 is 0 Å². The molecular weight excluding hydrogens is 255 g/mol. The van der Waals surface area contributed by atoms with E-state index in [9.17, 15) is 0 Å². The average Bonchev–Trinajstić information content (AvgIpc) is 2.32. The molecule has 0 atom stereocenters. The quantitative estimate of drug-likeness (QED) is 0.913. The normalized spacial score (nSPS) is 15.9. The van der Waals surface area contributed by atoms with Gasteiger partial charge in [-0.05, 0) is 44.5 Å². The molecule has 2 nitrogen and oxygen atoms in total. The lowest BCUT2D eigenvalue weighted by atomic mass is 9.96. The first-order valence-corrected chi connectivity index (χ1v) is 5.85. The molecule has 1 fully saturated rings. The first-order valence-electron chi connectivity index (χ1n) is 5.85. The average molecular weight is 277 g/mol. The molecule has 1 heterocycles. The topological polar surface area (TPSA) is 15.3 Å². The second-order valence-corrected chi connectivity index (χ2v) is 4.32.